The van der Waals surface area contributed by atoms with Crippen molar-refractivity contribution in [1.82, 2.24) is 19.8 Å². The molecule has 2 aliphatic heterocycles. The van der Waals surface area contributed by atoms with Crippen LogP contribution >= 0.6 is 0 Å². The number of carbonyl (C=O) groups excluding carboxylic acids is 1. The number of hydrogen-bond acceptors (Lipinski definition) is 8. The van der Waals surface area contributed by atoms with Crippen LogP contribution in [-0.4, -0.2) is 98.4 Å². The van der Waals surface area contributed by atoms with Crippen LogP contribution in [0.4, 0.5) is 20.3 Å². The van der Waals surface area contributed by atoms with Crippen molar-refractivity contribution in [2.24, 2.45) is 0 Å². The molecule has 0 saturated carbocycles. The Labute approximate surface area is 258 Å². The predicted molar refractivity (Wildman–Crippen MR) is 169 cm³/mol. The topological polar surface area (TPSA) is 74.3 Å². The highest BCUT2D eigenvalue weighted by atomic mass is 19.3. The van der Waals surface area contributed by atoms with E-state index in [2.05, 4.69) is 28.2 Å². The lowest BCUT2D eigenvalue weighted by molar-refractivity contribution is -0.124. The highest BCUT2D eigenvalue weighted by Crippen LogP contribution is 2.36. The van der Waals surface area contributed by atoms with Gasteiger partial charge in [-0.2, -0.15) is 9.97 Å². The Hall–Kier alpha value is -3.83. The number of fused-ring (bicyclic) bond motifs is 2. The first-order valence-corrected chi connectivity index (χ1v) is 15.4. The molecule has 1 fully saturated rings. The van der Waals surface area contributed by atoms with Crippen LogP contribution < -0.4 is 14.5 Å². The first kappa shape index (κ1) is 31.6. The van der Waals surface area contributed by atoms with E-state index >= 15 is 0 Å². The third-order valence-electron chi connectivity index (χ3n) is 8.37. The maximum absolute atomic E-state index is 13.9. The number of anilines is 2. The maximum Gasteiger partial charge on any atom is 0.318 e. The van der Waals surface area contributed by atoms with Gasteiger partial charge in [-0.05, 0) is 43.4 Å². The normalized spacial score (nSPS) is 15.3. The van der Waals surface area contributed by atoms with Crippen molar-refractivity contribution < 1.29 is 23.0 Å². The fraction of sp³-hybridized carbons (Fsp3) is 0.485. The number of amides is 1. The molecular formula is C33H42F2N6O3. The minimum atomic E-state index is -2.56. The van der Waals surface area contributed by atoms with Gasteiger partial charge in [0.15, 0.2) is 0 Å². The van der Waals surface area contributed by atoms with Gasteiger partial charge in [0.2, 0.25) is 5.91 Å². The summed E-state index contributed by atoms with van der Waals surface area (Å²) in [5, 5.41) is 1.72. The third kappa shape index (κ3) is 7.44. The average Bonchev–Trinajstić information content (AvgIpc) is 3.06. The molecule has 5 rings (SSSR count). The summed E-state index contributed by atoms with van der Waals surface area (Å²) in [6, 6.07) is 11.1. The molecule has 2 aliphatic rings. The van der Waals surface area contributed by atoms with Gasteiger partial charge in [-0.1, -0.05) is 30.8 Å². The molecule has 0 spiro atoms. The van der Waals surface area contributed by atoms with Crippen molar-refractivity contribution in [2.45, 2.75) is 32.7 Å². The summed E-state index contributed by atoms with van der Waals surface area (Å²) in [4.78, 5) is 30.1. The van der Waals surface area contributed by atoms with Crippen molar-refractivity contribution in [3.63, 3.8) is 0 Å². The smallest absolute Gasteiger partial charge is 0.318 e. The number of carbonyl (C=O) groups is 1. The summed E-state index contributed by atoms with van der Waals surface area (Å²) in [6.07, 6.45) is 0.228. The first-order chi connectivity index (χ1) is 21.4. The Kier molecular flexibility index (Phi) is 10.6. The van der Waals surface area contributed by atoms with Crippen molar-refractivity contribution in [3.05, 3.63) is 65.9 Å². The average molecular weight is 609 g/mol. The van der Waals surface area contributed by atoms with Crippen molar-refractivity contribution in [1.29, 1.82) is 0 Å². The molecule has 44 heavy (non-hydrogen) atoms. The van der Waals surface area contributed by atoms with Crippen LogP contribution in [0, 0.1) is 0 Å². The molecule has 0 radical (unpaired) electrons. The van der Waals surface area contributed by atoms with Crippen molar-refractivity contribution in [3.8, 4) is 6.01 Å². The number of likely N-dealkylation sites (N-methyl/N-ethyl adjacent to an activating group) is 2. The monoisotopic (exact) mass is 608 g/mol. The standard InChI is InChI=1S/C33H42F2N6O3/c1-4-30(42)38(3)14-15-40(5-2)32-27-11-13-41(29-22-25(31(34)35)21-24-9-6-7-10-26(24)29)23-28(27)36-33(37-32)44-18-8-12-39-16-19-43-20-17-39/h4,6-7,9-10,21-22,31H,1,5,8,11-20,23H2,2-3H3. The molecule has 0 unspecified atom stereocenters. The Balaban J connectivity index is 1.42. The van der Waals surface area contributed by atoms with E-state index in [4.69, 9.17) is 19.4 Å². The van der Waals surface area contributed by atoms with E-state index in [1.54, 1.807) is 24.1 Å². The number of ether oxygens (including phenoxy) is 2. The van der Waals surface area contributed by atoms with Crippen molar-refractivity contribution >= 4 is 28.2 Å². The molecule has 1 saturated heterocycles. The summed E-state index contributed by atoms with van der Waals surface area (Å²) < 4.78 is 39.4. The zero-order valence-electron chi connectivity index (χ0n) is 25.7. The molecule has 9 nitrogen and oxygen atoms in total. The Bertz CT molecular complexity index is 1450. The second-order valence-corrected chi connectivity index (χ2v) is 11.2. The van der Waals surface area contributed by atoms with E-state index in [0.29, 0.717) is 51.8 Å². The summed E-state index contributed by atoms with van der Waals surface area (Å²) in [5.41, 5.74) is 2.63. The van der Waals surface area contributed by atoms with E-state index in [0.717, 1.165) is 72.8 Å². The van der Waals surface area contributed by atoms with Crippen LogP contribution in [0.1, 0.15) is 36.6 Å². The molecule has 236 valence electrons. The van der Waals surface area contributed by atoms with Crippen LogP contribution in [0.5, 0.6) is 6.01 Å². The minimum Gasteiger partial charge on any atom is -0.463 e. The fourth-order valence-electron chi connectivity index (χ4n) is 5.85. The van der Waals surface area contributed by atoms with Crippen LogP contribution in [0.25, 0.3) is 10.8 Å². The Morgan fingerprint density at radius 1 is 1.16 bits per heavy atom. The van der Waals surface area contributed by atoms with Crippen LogP contribution in [-0.2, 0) is 22.5 Å². The second kappa shape index (κ2) is 14.8. The molecule has 2 aromatic carbocycles. The number of aromatic nitrogens is 2. The van der Waals surface area contributed by atoms with Gasteiger partial charge in [-0.3, -0.25) is 9.69 Å². The van der Waals surface area contributed by atoms with Gasteiger partial charge in [0.1, 0.15) is 5.82 Å². The van der Waals surface area contributed by atoms with Gasteiger partial charge >= 0.3 is 6.01 Å². The number of morpholine rings is 1. The molecule has 1 amide bonds. The lowest BCUT2D eigenvalue weighted by Crippen LogP contribution is -2.38. The van der Waals surface area contributed by atoms with E-state index in [-0.39, 0.29) is 11.5 Å². The number of benzene rings is 2. The predicted octanol–water partition coefficient (Wildman–Crippen LogP) is 4.70. The van der Waals surface area contributed by atoms with Crippen LogP contribution in [0.3, 0.4) is 0 Å². The minimum absolute atomic E-state index is 0.00696. The molecule has 1 aromatic heterocycles. The summed E-state index contributed by atoms with van der Waals surface area (Å²) in [5.74, 6) is 0.662. The Morgan fingerprint density at radius 3 is 2.70 bits per heavy atom. The summed E-state index contributed by atoms with van der Waals surface area (Å²) >= 11 is 0. The first-order valence-electron chi connectivity index (χ1n) is 15.4. The van der Waals surface area contributed by atoms with Crippen LogP contribution in [0.15, 0.2) is 49.1 Å². The maximum atomic E-state index is 13.9. The number of alkyl halides is 2. The highest BCUT2D eigenvalue weighted by Gasteiger charge is 2.27. The van der Waals surface area contributed by atoms with Gasteiger partial charge in [0.25, 0.3) is 6.43 Å². The van der Waals surface area contributed by atoms with Crippen LogP contribution in [0.2, 0.25) is 0 Å². The number of rotatable bonds is 13. The molecule has 0 atom stereocenters. The lowest BCUT2D eigenvalue weighted by Gasteiger charge is -2.34. The summed E-state index contributed by atoms with van der Waals surface area (Å²) in [7, 11) is 1.76. The van der Waals surface area contributed by atoms with E-state index in [9.17, 15) is 13.6 Å². The van der Waals surface area contributed by atoms with Gasteiger partial charge in [0.05, 0.1) is 32.1 Å². The summed E-state index contributed by atoms with van der Waals surface area (Å²) in [6.45, 7) is 13.2. The zero-order chi connectivity index (χ0) is 31.1. The Morgan fingerprint density at radius 2 is 1.95 bits per heavy atom. The zero-order valence-corrected chi connectivity index (χ0v) is 25.7. The highest BCUT2D eigenvalue weighted by molar-refractivity contribution is 5.95. The number of hydrogen-bond donors (Lipinski definition) is 0. The van der Waals surface area contributed by atoms with E-state index in [1.807, 2.05) is 24.3 Å². The molecule has 11 heteroatoms. The quantitative estimate of drug-likeness (QED) is 0.204. The molecule has 0 bridgehead atoms. The van der Waals surface area contributed by atoms with Gasteiger partial charge < -0.3 is 24.2 Å². The molecule has 3 aromatic rings. The van der Waals surface area contributed by atoms with Gasteiger partial charge in [0, 0.05) is 75.1 Å². The van der Waals surface area contributed by atoms with Gasteiger partial charge in [-0.25, -0.2) is 8.78 Å². The SMILES string of the molecule is C=CC(=O)N(C)CCN(CC)c1nc(OCCCN2CCOCC2)nc2c1CCN(c1cc(C(F)F)cc3ccccc13)C2. The second-order valence-electron chi connectivity index (χ2n) is 11.2. The third-order valence-corrected chi connectivity index (χ3v) is 8.37. The number of halogens is 2. The van der Waals surface area contributed by atoms with Gasteiger partial charge in [-0.15, -0.1) is 0 Å². The van der Waals surface area contributed by atoms with E-state index in [1.165, 1.54) is 6.08 Å². The molecular weight excluding hydrogens is 566 g/mol. The molecule has 0 N–H and O–H groups in total. The fourth-order valence-corrected chi connectivity index (χ4v) is 5.85. The van der Waals surface area contributed by atoms with Crippen molar-refractivity contribution in [2.75, 3.05) is 82.5 Å². The lowest BCUT2D eigenvalue weighted by atomic mass is 10.00. The largest absolute Gasteiger partial charge is 0.463 e. The number of nitrogens with zero attached hydrogens (tertiary/aromatic N) is 6. The van der Waals surface area contributed by atoms with E-state index < -0.39 is 6.43 Å². The molecule has 0 aliphatic carbocycles. The molecule has 3 heterocycles.